The lowest BCUT2D eigenvalue weighted by Gasteiger charge is -2.13. The third-order valence-corrected chi connectivity index (χ3v) is 2.36. The van der Waals surface area contributed by atoms with Crippen LogP contribution in [-0.2, 0) is 6.18 Å². The van der Waals surface area contributed by atoms with Gasteiger partial charge in [-0.2, -0.15) is 23.7 Å². The second kappa shape index (κ2) is 5.36. The number of hydrogen-bond acceptors (Lipinski definition) is 2. The maximum atomic E-state index is 12.5. The zero-order valence-corrected chi connectivity index (χ0v) is 8.83. The molecule has 0 radical (unpaired) electrons. The minimum atomic E-state index is -4.40. The van der Waals surface area contributed by atoms with Gasteiger partial charge in [-0.05, 0) is 11.6 Å². The molecule has 0 atom stereocenters. The lowest BCUT2D eigenvalue weighted by molar-refractivity contribution is -0.137. The van der Waals surface area contributed by atoms with Gasteiger partial charge in [-0.1, -0.05) is 18.2 Å². The van der Waals surface area contributed by atoms with E-state index in [1.54, 1.807) is 0 Å². The Labute approximate surface area is 96.9 Å². The quantitative estimate of drug-likeness (QED) is 0.807. The van der Waals surface area contributed by atoms with Crippen LogP contribution in [0.3, 0.4) is 0 Å². The SMILES string of the molecule is N#CCC(CC#N)c1cccc(C(F)(F)F)c1. The molecule has 88 valence electrons. The van der Waals surface area contributed by atoms with E-state index in [9.17, 15) is 13.2 Å². The molecule has 0 aliphatic heterocycles. The lowest BCUT2D eigenvalue weighted by atomic mass is 9.92. The van der Waals surface area contributed by atoms with Gasteiger partial charge in [0.25, 0.3) is 0 Å². The molecule has 0 N–H and O–H groups in total. The van der Waals surface area contributed by atoms with E-state index in [-0.39, 0.29) is 12.8 Å². The molecule has 0 saturated heterocycles. The molecule has 0 aliphatic rings. The van der Waals surface area contributed by atoms with Gasteiger partial charge in [0.2, 0.25) is 0 Å². The fraction of sp³-hybridized carbons (Fsp3) is 0.333. The van der Waals surface area contributed by atoms with E-state index in [1.165, 1.54) is 12.1 Å². The number of benzene rings is 1. The summed E-state index contributed by atoms with van der Waals surface area (Å²) in [5.41, 5.74) is -0.376. The number of nitriles is 2. The van der Waals surface area contributed by atoms with Gasteiger partial charge in [0.05, 0.1) is 17.7 Å². The van der Waals surface area contributed by atoms with E-state index in [4.69, 9.17) is 10.5 Å². The topological polar surface area (TPSA) is 47.6 Å². The van der Waals surface area contributed by atoms with Crippen LogP contribution < -0.4 is 0 Å². The zero-order valence-electron chi connectivity index (χ0n) is 8.83. The lowest BCUT2D eigenvalue weighted by Crippen LogP contribution is -2.06. The first kappa shape index (κ1) is 13.1. The average molecular weight is 238 g/mol. The van der Waals surface area contributed by atoms with E-state index in [0.29, 0.717) is 5.56 Å². The Morgan fingerprint density at radius 1 is 1.12 bits per heavy atom. The summed E-state index contributed by atoms with van der Waals surface area (Å²) in [6.07, 6.45) is -4.33. The van der Waals surface area contributed by atoms with E-state index in [1.807, 2.05) is 12.1 Å². The van der Waals surface area contributed by atoms with Crippen LogP contribution in [0.2, 0.25) is 0 Å². The highest BCUT2D eigenvalue weighted by molar-refractivity contribution is 5.29. The number of halogens is 3. The van der Waals surface area contributed by atoms with Crippen molar-refractivity contribution in [3.05, 3.63) is 35.4 Å². The first-order valence-electron chi connectivity index (χ1n) is 4.90. The van der Waals surface area contributed by atoms with Crippen molar-refractivity contribution < 1.29 is 13.2 Å². The molecule has 1 rings (SSSR count). The monoisotopic (exact) mass is 238 g/mol. The molecule has 5 heteroatoms. The molecular weight excluding hydrogens is 229 g/mol. The van der Waals surface area contributed by atoms with Crippen molar-refractivity contribution in [3.8, 4) is 12.1 Å². The number of rotatable bonds is 3. The predicted molar refractivity (Wildman–Crippen MR) is 54.6 cm³/mol. The molecule has 0 amide bonds. The van der Waals surface area contributed by atoms with Gasteiger partial charge in [-0.15, -0.1) is 0 Å². The summed E-state index contributed by atoms with van der Waals surface area (Å²) in [6.45, 7) is 0. The van der Waals surface area contributed by atoms with Crippen LogP contribution in [0.1, 0.15) is 29.9 Å². The second-order valence-electron chi connectivity index (χ2n) is 3.54. The van der Waals surface area contributed by atoms with E-state index in [0.717, 1.165) is 12.1 Å². The third-order valence-electron chi connectivity index (χ3n) is 2.36. The Hall–Kier alpha value is -2.01. The second-order valence-corrected chi connectivity index (χ2v) is 3.54. The van der Waals surface area contributed by atoms with Gasteiger partial charge in [0.1, 0.15) is 0 Å². The van der Waals surface area contributed by atoms with Crippen molar-refractivity contribution in [1.82, 2.24) is 0 Å². The first-order chi connectivity index (χ1) is 7.99. The van der Waals surface area contributed by atoms with Gasteiger partial charge in [-0.3, -0.25) is 0 Å². The number of nitrogens with zero attached hydrogens (tertiary/aromatic N) is 2. The molecule has 0 saturated carbocycles. The van der Waals surface area contributed by atoms with Crippen LogP contribution in [0.4, 0.5) is 13.2 Å². The Morgan fingerprint density at radius 3 is 2.18 bits per heavy atom. The van der Waals surface area contributed by atoms with Gasteiger partial charge < -0.3 is 0 Å². The Balaban J connectivity index is 3.06. The summed E-state index contributed by atoms with van der Waals surface area (Å²) < 4.78 is 37.4. The molecule has 2 nitrogen and oxygen atoms in total. The van der Waals surface area contributed by atoms with Gasteiger partial charge in [0, 0.05) is 18.8 Å². The highest BCUT2D eigenvalue weighted by Crippen LogP contribution is 2.32. The maximum absolute atomic E-state index is 12.5. The van der Waals surface area contributed by atoms with E-state index < -0.39 is 17.7 Å². The molecule has 0 aromatic heterocycles. The summed E-state index contributed by atoms with van der Waals surface area (Å²) in [5, 5.41) is 17.1. The molecule has 1 aromatic carbocycles. The van der Waals surface area contributed by atoms with Crippen molar-refractivity contribution in [1.29, 1.82) is 10.5 Å². The minimum Gasteiger partial charge on any atom is -0.198 e. The highest BCUT2D eigenvalue weighted by Gasteiger charge is 2.30. The predicted octanol–water partition coefficient (Wildman–Crippen LogP) is 3.62. The van der Waals surface area contributed by atoms with E-state index in [2.05, 4.69) is 0 Å². The molecule has 0 spiro atoms. The van der Waals surface area contributed by atoms with Crippen LogP contribution in [0.25, 0.3) is 0 Å². The fourth-order valence-electron chi connectivity index (χ4n) is 1.50. The fourth-order valence-corrected chi connectivity index (χ4v) is 1.50. The summed E-state index contributed by atoms with van der Waals surface area (Å²) in [4.78, 5) is 0. The smallest absolute Gasteiger partial charge is 0.198 e. The largest absolute Gasteiger partial charge is 0.416 e. The number of hydrogen-bond donors (Lipinski definition) is 0. The molecule has 1 aromatic rings. The van der Waals surface area contributed by atoms with Crippen LogP contribution in [0.15, 0.2) is 24.3 Å². The highest BCUT2D eigenvalue weighted by atomic mass is 19.4. The van der Waals surface area contributed by atoms with Gasteiger partial charge >= 0.3 is 6.18 Å². The van der Waals surface area contributed by atoms with Crippen molar-refractivity contribution in [2.45, 2.75) is 24.9 Å². The summed E-state index contributed by atoms with van der Waals surface area (Å²) in [6, 6.07) is 8.52. The normalized spacial score (nSPS) is 10.9. The van der Waals surface area contributed by atoms with Crippen molar-refractivity contribution in [3.63, 3.8) is 0 Å². The van der Waals surface area contributed by atoms with Crippen molar-refractivity contribution in [2.75, 3.05) is 0 Å². The summed E-state index contributed by atoms with van der Waals surface area (Å²) in [5.74, 6) is -0.465. The Bertz CT molecular complexity index is 450. The average Bonchev–Trinajstić information content (AvgIpc) is 2.28. The third kappa shape index (κ3) is 3.49. The van der Waals surface area contributed by atoms with Crippen LogP contribution in [0, 0.1) is 22.7 Å². The van der Waals surface area contributed by atoms with Crippen molar-refractivity contribution >= 4 is 0 Å². The summed E-state index contributed by atoms with van der Waals surface area (Å²) in [7, 11) is 0. The zero-order chi connectivity index (χ0) is 12.9. The standard InChI is InChI=1S/C12H9F3N2/c13-12(14,15)11-3-1-2-10(8-11)9(4-6-16)5-7-17/h1-3,8-9H,4-5H2. The molecule has 17 heavy (non-hydrogen) atoms. The molecule has 0 unspecified atom stereocenters. The molecular formula is C12H9F3N2. The van der Waals surface area contributed by atoms with Gasteiger partial charge in [-0.25, -0.2) is 0 Å². The minimum absolute atomic E-state index is 0.0366. The van der Waals surface area contributed by atoms with Crippen LogP contribution in [-0.4, -0.2) is 0 Å². The van der Waals surface area contributed by atoms with Crippen LogP contribution >= 0.6 is 0 Å². The Kier molecular flexibility index (Phi) is 4.12. The Morgan fingerprint density at radius 2 is 1.71 bits per heavy atom. The number of alkyl halides is 3. The molecule has 0 heterocycles. The maximum Gasteiger partial charge on any atom is 0.416 e. The van der Waals surface area contributed by atoms with Gasteiger partial charge in [0.15, 0.2) is 0 Å². The molecule has 0 aliphatic carbocycles. The molecule has 0 bridgehead atoms. The van der Waals surface area contributed by atoms with Crippen LogP contribution in [0.5, 0.6) is 0 Å². The van der Waals surface area contributed by atoms with E-state index >= 15 is 0 Å². The molecule has 0 fully saturated rings. The summed E-state index contributed by atoms with van der Waals surface area (Å²) >= 11 is 0. The van der Waals surface area contributed by atoms with Crippen molar-refractivity contribution in [2.24, 2.45) is 0 Å². The first-order valence-corrected chi connectivity index (χ1v) is 4.90.